The minimum atomic E-state index is 0.811. The second-order valence-corrected chi connectivity index (χ2v) is 3.43. The zero-order valence-electron chi connectivity index (χ0n) is 6.19. The molecule has 0 aromatic rings. The van der Waals surface area contributed by atoms with Gasteiger partial charge in [0.15, 0.2) is 0 Å². The van der Waals surface area contributed by atoms with Gasteiger partial charge in [-0.05, 0) is 28.9 Å². The summed E-state index contributed by atoms with van der Waals surface area (Å²) < 4.78 is 0.985. The minimum absolute atomic E-state index is 0.811. The fourth-order valence-corrected chi connectivity index (χ4v) is 1.67. The van der Waals surface area contributed by atoms with E-state index in [4.69, 9.17) is 5.73 Å². The van der Waals surface area contributed by atoms with Crippen LogP contribution in [0.1, 0.15) is 6.92 Å². The molecular weight excluding hydrogens is 192 g/mol. The molecule has 0 fully saturated rings. The van der Waals surface area contributed by atoms with Crippen molar-refractivity contribution in [3.05, 3.63) is 22.0 Å². The lowest BCUT2D eigenvalue weighted by Crippen LogP contribution is -2.28. The fraction of sp³-hybridized carbons (Fsp3) is 0.429. The van der Waals surface area contributed by atoms with Crippen molar-refractivity contribution in [2.24, 2.45) is 5.73 Å². The largest absolute Gasteiger partial charge is 0.384 e. The average Bonchev–Trinajstić information content (AvgIpc) is 1.82. The maximum absolute atomic E-state index is 5.70. The van der Waals surface area contributed by atoms with E-state index in [1.54, 1.807) is 0 Å². The first-order valence-corrected chi connectivity index (χ1v) is 3.94. The van der Waals surface area contributed by atoms with Crippen molar-refractivity contribution in [3.8, 4) is 0 Å². The lowest BCUT2D eigenvalue weighted by Gasteiger charge is -2.24. The van der Waals surface area contributed by atoms with Gasteiger partial charge in [-0.25, -0.2) is 0 Å². The molecular formula is C7H11BrN2. The lowest BCUT2D eigenvalue weighted by atomic mass is 10.2. The van der Waals surface area contributed by atoms with Crippen molar-refractivity contribution in [2.75, 3.05) is 13.6 Å². The summed E-state index contributed by atoms with van der Waals surface area (Å²) in [6.07, 6.45) is 2.05. The highest BCUT2D eigenvalue weighted by atomic mass is 79.9. The van der Waals surface area contributed by atoms with Gasteiger partial charge in [-0.15, -0.1) is 0 Å². The number of hydrogen-bond acceptors (Lipinski definition) is 2. The molecule has 0 bridgehead atoms. The van der Waals surface area contributed by atoms with Gasteiger partial charge >= 0.3 is 0 Å². The summed E-state index contributed by atoms with van der Waals surface area (Å²) in [4.78, 5) is 2.01. The molecule has 1 heterocycles. The number of nitrogens with two attached hydrogens (primary N) is 1. The summed E-state index contributed by atoms with van der Waals surface area (Å²) in [5, 5.41) is 0. The van der Waals surface area contributed by atoms with Crippen molar-refractivity contribution >= 4 is 15.9 Å². The van der Waals surface area contributed by atoms with Crippen molar-refractivity contribution in [3.63, 3.8) is 0 Å². The first-order valence-electron chi connectivity index (χ1n) is 3.15. The van der Waals surface area contributed by atoms with Crippen LogP contribution in [-0.2, 0) is 0 Å². The zero-order valence-corrected chi connectivity index (χ0v) is 7.77. The van der Waals surface area contributed by atoms with Crippen LogP contribution in [0.3, 0.4) is 0 Å². The van der Waals surface area contributed by atoms with Gasteiger partial charge in [-0.2, -0.15) is 0 Å². The molecule has 0 aliphatic carbocycles. The summed E-state index contributed by atoms with van der Waals surface area (Å²) in [5.41, 5.74) is 7.02. The first kappa shape index (κ1) is 7.66. The first-order chi connectivity index (χ1) is 4.61. The summed E-state index contributed by atoms with van der Waals surface area (Å²) in [7, 11) is 1.98. The number of rotatable bonds is 0. The van der Waals surface area contributed by atoms with Crippen LogP contribution in [0.4, 0.5) is 0 Å². The molecule has 0 unspecified atom stereocenters. The Morgan fingerprint density at radius 2 is 2.30 bits per heavy atom. The van der Waals surface area contributed by atoms with E-state index in [1.165, 1.54) is 5.57 Å². The van der Waals surface area contributed by atoms with Crippen molar-refractivity contribution in [2.45, 2.75) is 6.92 Å². The van der Waals surface area contributed by atoms with Gasteiger partial charge in [0.05, 0.1) is 4.48 Å². The second kappa shape index (κ2) is 2.66. The molecule has 1 aliphatic heterocycles. The van der Waals surface area contributed by atoms with Gasteiger partial charge < -0.3 is 10.6 Å². The standard InChI is InChI=1S/C7H11BrN2/c1-5-3-6(8)7(9)10(2)4-5/h3H,4,9H2,1-2H3. The molecule has 1 aliphatic rings. The quantitative estimate of drug-likeness (QED) is 0.644. The van der Waals surface area contributed by atoms with Crippen LogP contribution in [-0.4, -0.2) is 18.5 Å². The number of halogens is 1. The number of allylic oxidation sites excluding steroid dienone is 2. The van der Waals surface area contributed by atoms with Gasteiger partial charge in [0.25, 0.3) is 0 Å². The van der Waals surface area contributed by atoms with Crippen LogP contribution in [0.2, 0.25) is 0 Å². The van der Waals surface area contributed by atoms with Gasteiger partial charge in [0.1, 0.15) is 5.82 Å². The third kappa shape index (κ3) is 1.34. The Hall–Kier alpha value is -0.440. The van der Waals surface area contributed by atoms with Crippen LogP contribution < -0.4 is 5.73 Å². The Morgan fingerprint density at radius 3 is 2.80 bits per heavy atom. The summed E-state index contributed by atoms with van der Waals surface area (Å²) >= 11 is 3.37. The summed E-state index contributed by atoms with van der Waals surface area (Å²) in [6, 6.07) is 0. The molecule has 0 saturated carbocycles. The van der Waals surface area contributed by atoms with Gasteiger partial charge in [-0.1, -0.05) is 5.57 Å². The van der Waals surface area contributed by atoms with Crippen LogP contribution in [0.25, 0.3) is 0 Å². The highest BCUT2D eigenvalue weighted by molar-refractivity contribution is 9.11. The number of nitrogens with zero attached hydrogens (tertiary/aromatic N) is 1. The Morgan fingerprint density at radius 1 is 1.70 bits per heavy atom. The highest BCUT2D eigenvalue weighted by Crippen LogP contribution is 2.19. The molecule has 0 saturated heterocycles. The fourth-order valence-electron chi connectivity index (χ4n) is 0.978. The van der Waals surface area contributed by atoms with Crippen LogP contribution in [0.15, 0.2) is 22.0 Å². The lowest BCUT2D eigenvalue weighted by molar-refractivity contribution is 0.440. The smallest absolute Gasteiger partial charge is 0.113 e. The normalized spacial score (nSPS) is 19.5. The zero-order chi connectivity index (χ0) is 7.72. The van der Waals surface area contributed by atoms with Gasteiger partial charge in [0, 0.05) is 13.6 Å². The molecule has 0 amide bonds. The Balaban J connectivity index is 2.92. The minimum Gasteiger partial charge on any atom is -0.384 e. The summed E-state index contributed by atoms with van der Waals surface area (Å²) in [5.74, 6) is 0.811. The molecule has 0 aromatic heterocycles. The van der Waals surface area contributed by atoms with Gasteiger partial charge in [-0.3, -0.25) is 0 Å². The molecule has 0 spiro atoms. The molecule has 3 heteroatoms. The molecule has 56 valence electrons. The number of likely N-dealkylation sites (N-methyl/N-ethyl adjacent to an activating group) is 1. The maximum Gasteiger partial charge on any atom is 0.113 e. The highest BCUT2D eigenvalue weighted by Gasteiger charge is 2.09. The Labute approximate surface area is 69.5 Å². The van der Waals surface area contributed by atoms with Crippen LogP contribution in [0, 0.1) is 0 Å². The monoisotopic (exact) mass is 202 g/mol. The van der Waals surface area contributed by atoms with E-state index in [0.29, 0.717) is 0 Å². The summed E-state index contributed by atoms with van der Waals surface area (Å²) in [6.45, 7) is 3.02. The van der Waals surface area contributed by atoms with E-state index in [-0.39, 0.29) is 0 Å². The predicted octanol–water partition coefficient (Wildman–Crippen LogP) is 1.40. The maximum atomic E-state index is 5.70. The molecule has 0 radical (unpaired) electrons. The number of hydrogen-bond donors (Lipinski definition) is 1. The Kier molecular flexibility index (Phi) is 2.04. The van der Waals surface area contributed by atoms with E-state index in [2.05, 4.69) is 28.9 Å². The molecule has 2 nitrogen and oxygen atoms in total. The molecule has 0 atom stereocenters. The average molecular weight is 203 g/mol. The third-order valence-electron chi connectivity index (χ3n) is 1.52. The van der Waals surface area contributed by atoms with E-state index >= 15 is 0 Å². The van der Waals surface area contributed by atoms with Gasteiger partial charge in [0.2, 0.25) is 0 Å². The molecule has 10 heavy (non-hydrogen) atoms. The van der Waals surface area contributed by atoms with E-state index in [0.717, 1.165) is 16.8 Å². The van der Waals surface area contributed by atoms with E-state index < -0.39 is 0 Å². The van der Waals surface area contributed by atoms with Crippen LogP contribution in [0.5, 0.6) is 0 Å². The van der Waals surface area contributed by atoms with E-state index in [1.807, 2.05) is 11.9 Å². The SMILES string of the molecule is CC1=CC(Br)=C(N)N(C)C1. The van der Waals surface area contributed by atoms with Crippen molar-refractivity contribution < 1.29 is 0 Å². The predicted molar refractivity (Wildman–Crippen MR) is 46.5 cm³/mol. The second-order valence-electron chi connectivity index (χ2n) is 2.58. The van der Waals surface area contributed by atoms with Crippen molar-refractivity contribution in [1.29, 1.82) is 0 Å². The van der Waals surface area contributed by atoms with E-state index in [9.17, 15) is 0 Å². The molecule has 1 rings (SSSR count). The molecule has 2 N–H and O–H groups in total. The van der Waals surface area contributed by atoms with Crippen LogP contribution >= 0.6 is 15.9 Å². The molecule has 0 aromatic carbocycles. The van der Waals surface area contributed by atoms with Crippen molar-refractivity contribution in [1.82, 2.24) is 4.90 Å². The Bertz CT molecular complexity index is 206. The topological polar surface area (TPSA) is 29.3 Å². The third-order valence-corrected chi connectivity index (χ3v) is 2.15.